The Labute approximate surface area is 155 Å². The zero-order chi connectivity index (χ0) is 19.3. The number of hydrogen-bond donors (Lipinski definition) is 1. The molecule has 146 valence electrons. The molecule has 0 bridgehead atoms. The van der Waals surface area contributed by atoms with Crippen LogP contribution in [-0.2, 0) is 10.0 Å². The Morgan fingerprint density at radius 3 is 2.42 bits per heavy atom. The molecule has 1 N–H and O–H groups in total. The SMILES string of the molecule is COc1ccc(C(=O)NCCS(=O)(=O)N2[C@H](C)CCC[C@@H]2C)c(OC)c1. The Balaban J connectivity index is 1.99. The van der Waals surface area contributed by atoms with Crippen LogP contribution >= 0.6 is 0 Å². The molecule has 1 amide bonds. The molecule has 1 saturated heterocycles. The Morgan fingerprint density at radius 1 is 1.19 bits per heavy atom. The highest BCUT2D eigenvalue weighted by molar-refractivity contribution is 7.89. The second-order valence-corrected chi connectivity index (χ2v) is 8.59. The highest BCUT2D eigenvalue weighted by Gasteiger charge is 2.34. The Kier molecular flexibility index (Phi) is 6.88. The van der Waals surface area contributed by atoms with Crippen molar-refractivity contribution in [1.29, 1.82) is 0 Å². The topological polar surface area (TPSA) is 84.9 Å². The summed E-state index contributed by atoms with van der Waals surface area (Å²) < 4.78 is 37.2. The maximum atomic E-state index is 12.7. The van der Waals surface area contributed by atoms with Gasteiger partial charge in [0.2, 0.25) is 10.0 Å². The Hall–Kier alpha value is -1.80. The monoisotopic (exact) mass is 384 g/mol. The van der Waals surface area contributed by atoms with Gasteiger partial charge in [0.05, 0.1) is 25.5 Å². The maximum Gasteiger partial charge on any atom is 0.255 e. The highest BCUT2D eigenvalue weighted by atomic mass is 32.2. The van der Waals surface area contributed by atoms with Crippen LogP contribution in [0.2, 0.25) is 0 Å². The summed E-state index contributed by atoms with van der Waals surface area (Å²) in [7, 11) is -0.421. The van der Waals surface area contributed by atoms with E-state index < -0.39 is 10.0 Å². The van der Waals surface area contributed by atoms with Crippen molar-refractivity contribution < 1.29 is 22.7 Å². The lowest BCUT2D eigenvalue weighted by molar-refractivity contribution is 0.0953. The van der Waals surface area contributed by atoms with E-state index in [1.807, 2.05) is 13.8 Å². The molecule has 26 heavy (non-hydrogen) atoms. The Bertz CT molecular complexity index is 725. The van der Waals surface area contributed by atoms with E-state index in [9.17, 15) is 13.2 Å². The van der Waals surface area contributed by atoms with E-state index in [2.05, 4.69) is 5.32 Å². The van der Waals surface area contributed by atoms with Crippen LogP contribution in [0, 0.1) is 0 Å². The molecule has 1 aliphatic heterocycles. The summed E-state index contributed by atoms with van der Waals surface area (Å²) in [5.74, 6) is 0.461. The first-order chi connectivity index (χ1) is 12.3. The van der Waals surface area contributed by atoms with Gasteiger partial charge in [0.25, 0.3) is 5.91 Å². The molecule has 8 heteroatoms. The summed E-state index contributed by atoms with van der Waals surface area (Å²) >= 11 is 0. The Morgan fingerprint density at radius 2 is 1.85 bits per heavy atom. The number of piperidine rings is 1. The van der Waals surface area contributed by atoms with E-state index in [1.165, 1.54) is 14.2 Å². The lowest BCUT2D eigenvalue weighted by atomic mass is 10.0. The van der Waals surface area contributed by atoms with Gasteiger partial charge >= 0.3 is 0 Å². The average Bonchev–Trinajstić information content (AvgIpc) is 2.60. The van der Waals surface area contributed by atoms with Gasteiger partial charge in [0.15, 0.2) is 0 Å². The first-order valence-electron chi connectivity index (χ1n) is 8.81. The van der Waals surface area contributed by atoms with Crippen LogP contribution in [0.1, 0.15) is 43.5 Å². The standard InChI is InChI=1S/C18H28N2O5S/c1-13-6-5-7-14(2)20(13)26(22,23)11-10-19-18(21)16-9-8-15(24-3)12-17(16)25-4/h8-9,12-14H,5-7,10-11H2,1-4H3,(H,19,21)/t13-,14+. The number of amides is 1. The third-order valence-corrected chi connectivity index (χ3v) is 6.81. The van der Waals surface area contributed by atoms with E-state index in [-0.39, 0.29) is 30.3 Å². The second kappa shape index (κ2) is 8.73. The molecule has 0 aliphatic carbocycles. The van der Waals surface area contributed by atoms with E-state index in [0.717, 1.165) is 19.3 Å². The van der Waals surface area contributed by atoms with E-state index in [1.54, 1.807) is 22.5 Å². The molecule has 2 rings (SSSR count). The largest absolute Gasteiger partial charge is 0.497 e. The molecule has 1 aromatic rings. The lowest BCUT2D eigenvalue weighted by Gasteiger charge is -2.37. The minimum Gasteiger partial charge on any atom is -0.497 e. The molecule has 0 saturated carbocycles. The summed E-state index contributed by atoms with van der Waals surface area (Å²) in [5.41, 5.74) is 0.338. The predicted octanol–water partition coefficient (Wildman–Crippen LogP) is 2.03. The zero-order valence-electron chi connectivity index (χ0n) is 15.8. The molecule has 0 aromatic heterocycles. The number of nitrogens with one attached hydrogen (secondary N) is 1. The number of carbonyl (C=O) groups is 1. The molecule has 7 nitrogen and oxygen atoms in total. The molecule has 2 atom stereocenters. The van der Waals surface area contributed by atoms with Crippen LogP contribution in [-0.4, -0.2) is 57.2 Å². The predicted molar refractivity (Wildman–Crippen MR) is 100 cm³/mol. The molecule has 1 aromatic carbocycles. The molecule has 1 heterocycles. The molecular weight excluding hydrogens is 356 g/mol. The van der Waals surface area contributed by atoms with Gasteiger partial charge in [-0.1, -0.05) is 6.42 Å². The smallest absolute Gasteiger partial charge is 0.255 e. The molecule has 0 unspecified atom stereocenters. The van der Waals surface area contributed by atoms with Gasteiger partial charge in [-0.05, 0) is 38.8 Å². The number of carbonyl (C=O) groups excluding carboxylic acids is 1. The minimum atomic E-state index is -3.42. The second-order valence-electron chi connectivity index (χ2n) is 6.60. The van der Waals surface area contributed by atoms with Crippen LogP contribution in [0.3, 0.4) is 0 Å². The van der Waals surface area contributed by atoms with Crippen LogP contribution in [0.5, 0.6) is 11.5 Å². The summed E-state index contributed by atoms with van der Waals surface area (Å²) in [6.07, 6.45) is 2.79. The van der Waals surface area contributed by atoms with Crippen molar-refractivity contribution >= 4 is 15.9 Å². The average molecular weight is 384 g/mol. The third-order valence-electron chi connectivity index (χ3n) is 4.73. The minimum absolute atomic E-state index is 0.00105. The first-order valence-corrected chi connectivity index (χ1v) is 10.4. The van der Waals surface area contributed by atoms with E-state index >= 15 is 0 Å². The maximum absolute atomic E-state index is 12.7. The van der Waals surface area contributed by atoms with Gasteiger partial charge in [-0.3, -0.25) is 4.79 Å². The third kappa shape index (κ3) is 4.67. The van der Waals surface area contributed by atoms with Gasteiger partial charge in [0, 0.05) is 24.7 Å². The molecular formula is C18H28N2O5S. The number of ether oxygens (including phenoxy) is 2. The van der Waals surface area contributed by atoms with Crippen molar-refractivity contribution in [3.8, 4) is 11.5 Å². The van der Waals surface area contributed by atoms with Crippen LogP contribution in [0.25, 0.3) is 0 Å². The van der Waals surface area contributed by atoms with Crippen molar-refractivity contribution in [2.75, 3.05) is 26.5 Å². The number of rotatable bonds is 7. The van der Waals surface area contributed by atoms with E-state index in [0.29, 0.717) is 17.1 Å². The van der Waals surface area contributed by atoms with Gasteiger partial charge in [0.1, 0.15) is 11.5 Å². The van der Waals surface area contributed by atoms with Crippen LogP contribution in [0.4, 0.5) is 0 Å². The zero-order valence-corrected chi connectivity index (χ0v) is 16.6. The number of methoxy groups -OCH3 is 2. The van der Waals surface area contributed by atoms with Crippen molar-refractivity contribution in [2.45, 2.75) is 45.2 Å². The number of hydrogen-bond acceptors (Lipinski definition) is 5. The van der Waals surface area contributed by atoms with Gasteiger partial charge in [-0.15, -0.1) is 0 Å². The molecule has 1 aliphatic rings. The van der Waals surface area contributed by atoms with Crippen LogP contribution < -0.4 is 14.8 Å². The summed E-state index contributed by atoms with van der Waals surface area (Å²) in [6.45, 7) is 3.92. The molecule has 1 fully saturated rings. The fraction of sp³-hybridized carbons (Fsp3) is 0.611. The van der Waals surface area contributed by atoms with Crippen molar-refractivity contribution in [1.82, 2.24) is 9.62 Å². The van der Waals surface area contributed by atoms with Gasteiger partial charge in [-0.25, -0.2) is 8.42 Å². The van der Waals surface area contributed by atoms with Crippen molar-refractivity contribution in [3.05, 3.63) is 23.8 Å². The fourth-order valence-electron chi connectivity index (χ4n) is 3.43. The first kappa shape index (κ1) is 20.5. The van der Waals surface area contributed by atoms with Gasteiger partial charge < -0.3 is 14.8 Å². The normalized spacial score (nSPS) is 21.2. The summed E-state index contributed by atoms with van der Waals surface area (Å²) in [6, 6.07) is 4.87. The van der Waals surface area contributed by atoms with Crippen LogP contribution in [0.15, 0.2) is 18.2 Å². The van der Waals surface area contributed by atoms with E-state index in [4.69, 9.17) is 9.47 Å². The fourth-order valence-corrected chi connectivity index (χ4v) is 5.30. The molecule has 0 spiro atoms. The van der Waals surface area contributed by atoms with Crippen molar-refractivity contribution in [2.24, 2.45) is 0 Å². The summed E-state index contributed by atoms with van der Waals surface area (Å²) in [5, 5.41) is 2.67. The molecule has 0 radical (unpaired) electrons. The van der Waals surface area contributed by atoms with Crippen molar-refractivity contribution in [3.63, 3.8) is 0 Å². The number of nitrogens with zero attached hydrogens (tertiary/aromatic N) is 1. The number of sulfonamides is 1. The quantitative estimate of drug-likeness (QED) is 0.777. The van der Waals surface area contributed by atoms with Gasteiger partial charge in [-0.2, -0.15) is 4.31 Å². The summed E-state index contributed by atoms with van der Waals surface area (Å²) in [4.78, 5) is 12.4. The number of benzene rings is 1. The highest BCUT2D eigenvalue weighted by Crippen LogP contribution is 2.26. The lowest BCUT2D eigenvalue weighted by Crippen LogP contribution is -2.49.